The van der Waals surface area contributed by atoms with Gasteiger partial charge in [-0.2, -0.15) is 17.6 Å². The SMILES string of the molecule is O=S(=O)([O-])C(F)(F)C(F)(F)CCCCO.c1ccc([S+](c2ccccc2)c2ccccc2)cc1. The average Bonchev–Trinajstić information content (AvgIpc) is 2.81. The first-order valence-corrected chi connectivity index (χ1v) is 12.9. The van der Waals surface area contributed by atoms with E-state index in [-0.39, 0.29) is 17.3 Å². The van der Waals surface area contributed by atoms with Crippen LogP contribution in [0.15, 0.2) is 106 Å². The molecule has 10 heteroatoms. The Bertz CT molecular complexity index is 1000. The minimum atomic E-state index is -6.39. The molecule has 0 bridgehead atoms. The molecule has 3 aromatic rings. The molecule has 0 atom stereocenters. The van der Waals surface area contributed by atoms with Gasteiger partial charge in [0, 0.05) is 13.0 Å². The molecule has 0 amide bonds. The van der Waals surface area contributed by atoms with Gasteiger partial charge in [0.25, 0.3) is 0 Å². The van der Waals surface area contributed by atoms with Crippen LogP contribution in [0, 0.1) is 0 Å². The molecular formula is C24H24F4O4S2. The number of aliphatic hydroxyl groups excluding tert-OH is 1. The largest absolute Gasteiger partial charge is 0.743 e. The van der Waals surface area contributed by atoms with Crippen molar-refractivity contribution in [2.24, 2.45) is 0 Å². The molecule has 0 unspecified atom stereocenters. The molecular weight excluding hydrogens is 492 g/mol. The predicted molar refractivity (Wildman–Crippen MR) is 122 cm³/mol. The molecule has 0 aliphatic rings. The van der Waals surface area contributed by atoms with Gasteiger partial charge in [0.15, 0.2) is 24.8 Å². The van der Waals surface area contributed by atoms with Crippen molar-refractivity contribution in [2.75, 3.05) is 6.61 Å². The zero-order chi connectivity index (χ0) is 25.2. The van der Waals surface area contributed by atoms with Crippen molar-refractivity contribution < 1.29 is 35.6 Å². The van der Waals surface area contributed by atoms with E-state index < -0.39 is 40.7 Å². The summed E-state index contributed by atoms with van der Waals surface area (Å²) >= 11 is 0. The van der Waals surface area contributed by atoms with Gasteiger partial charge in [-0.15, -0.1) is 0 Å². The number of benzene rings is 3. The van der Waals surface area contributed by atoms with E-state index in [0.29, 0.717) is 0 Å². The first-order valence-electron chi connectivity index (χ1n) is 10.2. The summed E-state index contributed by atoms with van der Waals surface area (Å²) in [5.74, 6) is -4.91. The molecule has 0 saturated carbocycles. The van der Waals surface area contributed by atoms with Crippen molar-refractivity contribution in [3.05, 3.63) is 91.0 Å². The van der Waals surface area contributed by atoms with E-state index in [2.05, 4.69) is 91.0 Å². The maximum atomic E-state index is 12.6. The van der Waals surface area contributed by atoms with E-state index in [1.54, 1.807) is 0 Å². The van der Waals surface area contributed by atoms with E-state index in [4.69, 9.17) is 5.11 Å². The molecule has 0 radical (unpaired) electrons. The number of halogens is 4. The molecule has 0 heterocycles. The normalized spacial score (nSPS) is 12.2. The number of unbranched alkanes of at least 4 members (excludes halogenated alkanes) is 1. The summed E-state index contributed by atoms with van der Waals surface area (Å²) in [6.07, 6.45) is -2.15. The lowest BCUT2D eigenvalue weighted by Crippen LogP contribution is -2.46. The Morgan fingerprint density at radius 2 is 1.06 bits per heavy atom. The summed E-state index contributed by atoms with van der Waals surface area (Å²) in [7, 11) is -6.41. The number of hydrogen-bond donors (Lipinski definition) is 1. The summed E-state index contributed by atoms with van der Waals surface area (Å²) in [6, 6.07) is 32.2. The van der Waals surface area contributed by atoms with Crippen LogP contribution in [0.5, 0.6) is 0 Å². The molecule has 3 aromatic carbocycles. The van der Waals surface area contributed by atoms with Crippen molar-refractivity contribution in [3.8, 4) is 0 Å². The summed E-state index contributed by atoms with van der Waals surface area (Å²) in [5, 5.41) is 2.60. The molecule has 4 nitrogen and oxygen atoms in total. The van der Waals surface area contributed by atoms with Crippen LogP contribution in [-0.2, 0) is 21.0 Å². The third-order valence-corrected chi connectivity index (χ3v) is 7.73. The number of hydrogen-bond acceptors (Lipinski definition) is 4. The van der Waals surface area contributed by atoms with Gasteiger partial charge in [-0.3, -0.25) is 0 Å². The second-order valence-electron chi connectivity index (χ2n) is 7.10. The van der Waals surface area contributed by atoms with Gasteiger partial charge >= 0.3 is 11.2 Å². The van der Waals surface area contributed by atoms with E-state index >= 15 is 0 Å². The number of aliphatic hydroxyl groups is 1. The Morgan fingerprint density at radius 3 is 1.35 bits per heavy atom. The highest BCUT2D eigenvalue weighted by atomic mass is 32.2. The Morgan fingerprint density at radius 1 is 0.706 bits per heavy atom. The first kappa shape index (κ1) is 27.8. The molecule has 3 rings (SSSR count). The quantitative estimate of drug-likeness (QED) is 0.171. The molecule has 184 valence electrons. The van der Waals surface area contributed by atoms with Crippen molar-refractivity contribution in [3.63, 3.8) is 0 Å². The lowest BCUT2D eigenvalue weighted by molar-refractivity contribution is -0.165. The molecule has 0 aliphatic heterocycles. The highest BCUT2D eigenvalue weighted by Gasteiger charge is 2.60. The summed E-state index contributed by atoms with van der Waals surface area (Å²) < 4.78 is 79.8. The van der Waals surface area contributed by atoms with Crippen molar-refractivity contribution >= 4 is 21.0 Å². The lowest BCUT2D eigenvalue weighted by Gasteiger charge is -2.28. The highest BCUT2D eigenvalue weighted by Crippen LogP contribution is 2.41. The van der Waals surface area contributed by atoms with Crippen molar-refractivity contribution in [2.45, 2.75) is 45.1 Å². The zero-order valence-electron chi connectivity index (χ0n) is 18.0. The van der Waals surface area contributed by atoms with Crippen molar-refractivity contribution in [1.29, 1.82) is 0 Å². The third-order valence-electron chi connectivity index (χ3n) is 4.58. The fourth-order valence-corrected chi connectivity index (χ4v) is 5.44. The van der Waals surface area contributed by atoms with E-state index in [0.717, 1.165) is 0 Å². The van der Waals surface area contributed by atoms with Crippen LogP contribution < -0.4 is 0 Å². The topological polar surface area (TPSA) is 77.4 Å². The Hall–Kier alpha value is -2.40. The maximum Gasteiger partial charge on any atom is 0.396 e. The highest BCUT2D eigenvalue weighted by molar-refractivity contribution is 7.97. The number of alkyl halides is 4. The fraction of sp³-hybridized carbons (Fsp3) is 0.250. The summed E-state index contributed by atoms with van der Waals surface area (Å²) in [4.78, 5) is 4.08. The van der Waals surface area contributed by atoms with Crippen LogP contribution in [0.25, 0.3) is 0 Å². The maximum absolute atomic E-state index is 12.6. The summed E-state index contributed by atoms with van der Waals surface area (Å²) in [5.41, 5.74) is 0. The molecule has 0 saturated heterocycles. The molecule has 34 heavy (non-hydrogen) atoms. The second kappa shape index (κ2) is 12.3. The minimum absolute atomic E-state index is 0.0146. The van der Waals surface area contributed by atoms with Crippen LogP contribution in [0.4, 0.5) is 17.6 Å². The lowest BCUT2D eigenvalue weighted by atomic mass is 10.1. The van der Waals surface area contributed by atoms with Gasteiger partial charge in [0.1, 0.15) is 0 Å². The van der Waals surface area contributed by atoms with E-state index in [1.807, 2.05) is 0 Å². The first-order chi connectivity index (χ1) is 16.0. The van der Waals surface area contributed by atoms with Gasteiger partial charge in [-0.25, -0.2) is 8.42 Å². The zero-order valence-corrected chi connectivity index (χ0v) is 19.6. The van der Waals surface area contributed by atoms with Gasteiger partial charge < -0.3 is 9.66 Å². The Balaban J connectivity index is 0.000000249. The van der Waals surface area contributed by atoms with Crippen LogP contribution in [-0.4, -0.2) is 35.9 Å². The Kier molecular flexibility index (Phi) is 10.1. The van der Waals surface area contributed by atoms with Crippen LogP contribution in [0.2, 0.25) is 0 Å². The van der Waals surface area contributed by atoms with E-state index in [1.165, 1.54) is 14.7 Å². The minimum Gasteiger partial charge on any atom is -0.743 e. The average molecular weight is 517 g/mol. The van der Waals surface area contributed by atoms with Gasteiger partial charge in [-0.1, -0.05) is 54.6 Å². The van der Waals surface area contributed by atoms with Crippen molar-refractivity contribution in [1.82, 2.24) is 0 Å². The second-order valence-corrected chi connectivity index (χ2v) is 10.5. The summed E-state index contributed by atoms with van der Waals surface area (Å²) in [6.45, 7) is -0.480. The standard InChI is InChI=1S/C18H15S.C6H10F4O4S/c1-4-10-16(11-5-1)19(17-12-6-2-7-13-17)18-14-8-3-9-15-18;7-5(8,3-1-2-4-11)6(9,10)15(12,13)14/h1-15H;11H,1-4H2,(H,12,13,14)/q+1;/p-1. The predicted octanol–water partition coefficient (Wildman–Crippen LogP) is 5.70. The van der Waals surface area contributed by atoms with Gasteiger partial charge in [0.05, 0.1) is 10.9 Å². The molecule has 0 aromatic heterocycles. The molecule has 0 aliphatic carbocycles. The van der Waals surface area contributed by atoms with Crippen LogP contribution >= 0.6 is 0 Å². The number of rotatable bonds is 9. The molecule has 0 fully saturated rings. The van der Waals surface area contributed by atoms with Crippen LogP contribution in [0.1, 0.15) is 19.3 Å². The van der Waals surface area contributed by atoms with Gasteiger partial charge in [-0.05, 0) is 49.2 Å². The van der Waals surface area contributed by atoms with E-state index in [9.17, 15) is 30.5 Å². The monoisotopic (exact) mass is 516 g/mol. The van der Waals surface area contributed by atoms with Crippen LogP contribution in [0.3, 0.4) is 0 Å². The fourth-order valence-electron chi connectivity index (χ4n) is 2.87. The molecule has 1 N–H and O–H groups in total. The Labute approximate surface area is 199 Å². The smallest absolute Gasteiger partial charge is 0.396 e. The molecule has 0 spiro atoms. The third kappa shape index (κ3) is 7.30. The van der Waals surface area contributed by atoms with Gasteiger partial charge in [0.2, 0.25) is 0 Å².